The molecule has 18 heavy (non-hydrogen) atoms. The number of hydrogen-bond acceptors (Lipinski definition) is 1. The van der Waals surface area contributed by atoms with Crippen LogP contribution in [0.2, 0.25) is 0 Å². The van der Waals surface area contributed by atoms with E-state index in [0.717, 1.165) is 12.1 Å². The minimum Gasteiger partial charge on any atom is -0.478 e. The number of halogens is 3. The van der Waals surface area contributed by atoms with Crippen LogP contribution in [0.1, 0.15) is 10.4 Å². The van der Waals surface area contributed by atoms with Gasteiger partial charge in [0.15, 0.2) is 17.5 Å². The molecule has 0 aliphatic carbocycles. The van der Waals surface area contributed by atoms with E-state index in [2.05, 4.69) is 0 Å². The summed E-state index contributed by atoms with van der Waals surface area (Å²) in [5.41, 5.74) is -0.0695. The van der Waals surface area contributed by atoms with E-state index in [1.807, 2.05) is 0 Å². The van der Waals surface area contributed by atoms with Crippen LogP contribution in [-0.2, 0) is 0 Å². The van der Waals surface area contributed by atoms with Crippen molar-refractivity contribution in [2.24, 2.45) is 0 Å². The van der Waals surface area contributed by atoms with Crippen molar-refractivity contribution in [3.8, 4) is 11.1 Å². The summed E-state index contributed by atoms with van der Waals surface area (Å²) in [5, 5.41) is 8.80. The molecule has 0 heterocycles. The highest BCUT2D eigenvalue weighted by atomic mass is 19.2. The maximum absolute atomic E-state index is 13.5. The summed E-state index contributed by atoms with van der Waals surface area (Å²) in [6, 6.07) is 7.19. The average molecular weight is 252 g/mol. The van der Waals surface area contributed by atoms with Crippen LogP contribution in [0.25, 0.3) is 11.1 Å². The molecule has 0 amide bonds. The third kappa shape index (κ3) is 2.07. The number of carbonyl (C=O) groups is 1. The van der Waals surface area contributed by atoms with Gasteiger partial charge in [0, 0.05) is 5.56 Å². The van der Waals surface area contributed by atoms with Crippen LogP contribution in [0.5, 0.6) is 0 Å². The summed E-state index contributed by atoms with van der Waals surface area (Å²) in [6.45, 7) is 0. The Morgan fingerprint density at radius 2 is 1.72 bits per heavy atom. The Kier molecular flexibility index (Phi) is 3.06. The number of aromatic carboxylic acids is 1. The van der Waals surface area contributed by atoms with Crippen LogP contribution >= 0.6 is 0 Å². The van der Waals surface area contributed by atoms with E-state index in [1.165, 1.54) is 24.3 Å². The first-order valence-corrected chi connectivity index (χ1v) is 4.98. The Morgan fingerprint density at radius 3 is 2.39 bits per heavy atom. The highest BCUT2D eigenvalue weighted by Crippen LogP contribution is 2.26. The zero-order valence-electron chi connectivity index (χ0n) is 8.95. The quantitative estimate of drug-likeness (QED) is 0.831. The SMILES string of the molecule is O=C(O)c1cccc(-c2ccc(F)c(F)c2F)c1. The summed E-state index contributed by atoms with van der Waals surface area (Å²) in [7, 11) is 0. The molecule has 0 fully saturated rings. The van der Waals surface area contributed by atoms with Gasteiger partial charge in [-0.1, -0.05) is 12.1 Å². The van der Waals surface area contributed by atoms with Crippen LogP contribution in [0.15, 0.2) is 36.4 Å². The van der Waals surface area contributed by atoms with E-state index in [1.54, 1.807) is 0 Å². The summed E-state index contributed by atoms with van der Waals surface area (Å²) in [4.78, 5) is 10.8. The maximum atomic E-state index is 13.5. The fourth-order valence-electron chi connectivity index (χ4n) is 1.57. The van der Waals surface area contributed by atoms with Crippen molar-refractivity contribution in [3.63, 3.8) is 0 Å². The average Bonchev–Trinajstić information content (AvgIpc) is 2.36. The lowest BCUT2D eigenvalue weighted by Crippen LogP contribution is -1.98. The molecule has 2 aromatic carbocycles. The van der Waals surface area contributed by atoms with Gasteiger partial charge in [-0.2, -0.15) is 0 Å². The summed E-state index contributed by atoms with van der Waals surface area (Å²) in [6.07, 6.45) is 0. The lowest BCUT2D eigenvalue weighted by molar-refractivity contribution is 0.0697. The van der Waals surface area contributed by atoms with Crippen molar-refractivity contribution in [2.75, 3.05) is 0 Å². The Morgan fingerprint density at radius 1 is 1.00 bits per heavy atom. The molecule has 0 spiro atoms. The van der Waals surface area contributed by atoms with E-state index in [4.69, 9.17) is 5.11 Å². The predicted octanol–water partition coefficient (Wildman–Crippen LogP) is 3.47. The largest absolute Gasteiger partial charge is 0.478 e. The molecule has 0 saturated heterocycles. The van der Waals surface area contributed by atoms with Crippen molar-refractivity contribution in [1.29, 1.82) is 0 Å². The first-order valence-electron chi connectivity index (χ1n) is 4.98. The first kappa shape index (κ1) is 12.2. The second-order valence-corrected chi connectivity index (χ2v) is 3.61. The molecule has 0 radical (unpaired) electrons. The summed E-state index contributed by atoms with van der Waals surface area (Å²) >= 11 is 0. The van der Waals surface area contributed by atoms with Crippen LogP contribution < -0.4 is 0 Å². The molecular formula is C13H7F3O2. The van der Waals surface area contributed by atoms with E-state index in [0.29, 0.717) is 0 Å². The smallest absolute Gasteiger partial charge is 0.335 e. The zero-order valence-corrected chi connectivity index (χ0v) is 8.95. The lowest BCUT2D eigenvalue weighted by atomic mass is 10.0. The van der Waals surface area contributed by atoms with Gasteiger partial charge in [0.1, 0.15) is 0 Å². The van der Waals surface area contributed by atoms with E-state index < -0.39 is 23.4 Å². The standard InChI is InChI=1S/C13H7F3O2/c14-10-5-4-9(11(15)12(10)16)7-2-1-3-8(6-7)13(17)18/h1-6H,(H,17,18). The molecule has 92 valence electrons. The molecule has 5 heteroatoms. The van der Waals surface area contributed by atoms with Gasteiger partial charge in [-0.3, -0.25) is 0 Å². The number of rotatable bonds is 2. The number of benzene rings is 2. The van der Waals surface area contributed by atoms with Crippen LogP contribution in [0, 0.1) is 17.5 Å². The van der Waals surface area contributed by atoms with Gasteiger partial charge in [0.2, 0.25) is 0 Å². The van der Waals surface area contributed by atoms with E-state index in [-0.39, 0.29) is 16.7 Å². The van der Waals surface area contributed by atoms with Gasteiger partial charge < -0.3 is 5.11 Å². The third-order valence-electron chi connectivity index (χ3n) is 2.46. The lowest BCUT2D eigenvalue weighted by Gasteiger charge is -2.05. The highest BCUT2D eigenvalue weighted by molar-refractivity contribution is 5.89. The molecule has 0 bridgehead atoms. The molecule has 0 saturated carbocycles. The maximum Gasteiger partial charge on any atom is 0.335 e. The minimum atomic E-state index is -1.58. The Hall–Kier alpha value is -2.30. The van der Waals surface area contributed by atoms with Gasteiger partial charge in [-0.25, -0.2) is 18.0 Å². The Balaban J connectivity index is 2.59. The van der Waals surface area contributed by atoms with Gasteiger partial charge in [0.05, 0.1) is 5.56 Å². The summed E-state index contributed by atoms with van der Waals surface area (Å²) in [5.74, 6) is -5.38. The highest BCUT2D eigenvalue weighted by Gasteiger charge is 2.15. The molecule has 0 atom stereocenters. The topological polar surface area (TPSA) is 37.3 Å². The molecule has 2 aromatic rings. The van der Waals surface area contributed by atoms with Crippen LogP contribution in [0.4, 0.5) is 13.2 Å². The fourth-order valence-corrected chi connectivity index (χ4v) is 1.57. The van der Waals surface area contributed by atoms with Gasteiger partial charge in [-0.05, 0) is 29.8 Å². The van der Waals surface area contributed by atoms with Gasteiger partial charge in [-0.15, -0.1) is 0 Å². The van der Waals surface area contributed by atoms with Crippen molar-refractivity contribution in [2.45, 2.75) is 0 Å². The third-order valence-corrected chi connectivity index (χ3v) is 2.46. The van der Waals surface area contributed by atoms with Crippen molar-refractivity contribution < 1.29 is 23.1 Å². The number of hydrogen-bond donors (Lipinski definition) is 1. The van der Waals surface area contributed by atoms with Gasteiger partial charge >= 0.3 is 5.97 Å². The predicted molar refractivity (Wildman–Crippen MR) is 58.7 cm³/mol. The molecular weight excluding hydrogens is 245 g/mol. The second-order valence-electron chi connectivity index (χ2n) is 3.61. The number of carboxylic acids is 1. The Labute approximate surface area is 100 Å². The van der Waals surface area contributed by atoms with E-state index in [9.17, 15) is 18.0 Å². The molecule has 0 aromatic heterocycles. The molecule has 2 rings (SSSR count). The Bertz CT molecular complexity index is 624. The van der Waals surface area contributed by atoms with Gasteiger partial charge in [0.25, 0.3) is 0 Å². The second kappa shape index (κ2) is 4.52. The molecule has 0 unspecified atom stereocenters. The van der Waals surface area contributed by atoms with E-state index >= 15 is 0 Å². The molecule has 0 aliphatic heterocycles. The first-order chi connectivity index (χ1) is 8.50. The molecule has 2 nitrogen and oxygen atoms in total. The number of carboxylic acid groups (broad SMARTS) is 1. The zero-order chi connectivity index (χ0) is 13.3. The van der Waals surface area contributed by atoms with Crippen molar-refractivity contribution in [3.05, 3.63) is 59.4 Å². The van der Waals surface area contributed by atoms with Crippen molar-refractivity contribution >= 4 is 5.97 Å². The monoisotopic (exact) mass is 252 g/mol. The van der Waals surface area contributed by atoms with Crippen molar-refractivity contribution in [1.82, 2.24) is 0 Å². The van der Waals surface area contributed by atoms with Crippen LogP contribution in [-0.4, -0.2) is 11.1 Å². The normalized spacial score (nSPS) is 10.4. The molecule has 1 N–H and O–H groups in total. The summed E-state index contributed by atoms with van der Waals surface area (Å²) < 4.78 is 39.4. The van der Waals surface area contributed by atoms with Crippen LogP contribution in [0.3, 0.4) is 0 Å². The molecule has 0 aliphatic rings. The fraction of sp³-hybridized carbons (Fsp3) is 0. The minimum absolute atomic E-state index is 0.0587.